The van der Waals surface area contributed by atoms with Crippen LogP contribution in [0.3, 0.4) is 0 Å². The van der Waals surface area contributed by atoms with E-state index < -0.39 is 14.9 Å². The number of nitrogens with zero attached hydrogens (tertiary/aromatic N) is 1. The summed E-state index contributed by atoms with van der Waals surface area (Å²) >= 11 is 0.733. The number of thiophene rings is 1. The summed E-state index contributed by atoms with van der Waals surface area (Å²) in [6.07, 6.45) is 1.66. The smallest absolute Gasteiger partial charge is 0.306 e. The highest BCUT2D eigenvalue weighted by molar-refractivity contribution is 7.91. The number of nitrogen functional groups attached to an aromatic ring is 1. The van der Waals surface area contributed by atoms with Crippen molar-refractivity contribution in [3.8, 4) is 0 Å². The first-order chi connectivity index (χ1) is 9.71. The van der Waals surface area contributed by atoms with Gasteiger partial charge in [0.25, 0.3) is 10.0 Å². The number of nitrogens with two attached hydrogens (primary N) is 1. The minimum atomic E-state index is -3.79. The standard InChI is InChI=1S/C11H20N4O4S2/c1-4-7(2)5-8(3)14-21(18,19)10-6-9(15(16)17)11(13-12)20-10/h6-8,13-14H,4-5,12H2,1-3H3. The molecule has 0 radical (unpaired) electrons. The maximum absolute atomic E-state index is 12.2. The van der Waals surface area contributed by atoms with Gasteiger partial charge in [0, 0.05) is 12.1 Å². The van der Waals surface area contributed by atoms with Gasteiger partial charge < -0.3 is 5.43 Å². The van der Waals surface area contributed by atoms with Crippen LogP contribution in [0.4, 0.5) is 10.7 Å². The van der Waals surface area contributed by atoms with Crippen molar-refractivity contribution < 1.29 is 13.3 Å². The fourth-order valence-electron chi connectivity index (χ4n) is 1.87. The largest absolute Gasteiger partial charge is 0.310 e. The van der Waals surface area contributed by atoms with E-state index in [4.69, 9.17) is 5.84 Å². The Hall–Kier alpha value is -1.23. The molecule has 0 saturated carbocycles. The van der Waals surface area contributed by atoms with Crippen molar-refractivity contribution in [1.82, 2.24) is 4.72 Å². The zero-order valence-electron chi connectivity index (χ0n) is 12.1. The minimum absolute atomic E-state index is 0.00922. The highest BCUT2D eigenvalue weighted by atomic mass is 32.2. The van der Waals surface area contributed by atoms with E-state index in [9.17, 15) is 18.5 Å². The number of nitro groups is 1. The summed E-state index contributed by atoms with van der Waals surface area (Å²) in [5, 5.41) is 10.8. The van der Waals surface area contributed by atoms with Crippen LogP contribution >= 0.6 is 11.3 Å². The van der Waals surface area contributed by atoms with E-state index in [0.717, 1.165) is 23.8 Å². The van der Waals surface area contributed by atoms with Crippen molar-refractivity contribution in [3.05, 3.63) is 16.2 Å². The summed E-state index contributed by atoms with van der Waals surface area (Å²) in [6.45, 7) is 5.85. The van der Waals surface area contributed by atoms with Crippen LogP contribution in [0.1, 0.15) is 33.6 Å². The molecule has 0 amide bonds. The normalized spacial score (nSPS) is 14.7. The topological polar surface area (TPSA) is 127 Å². The van der Waals surface area contributed by atoms with Crippen molar-refractivity contribution in [2.24, 2.45) is 11.8 Å². The Bertz CT molecular complexity index is 599. The average molecular weight is 336 g/mol. The zero-order valence-corrected chi connectivity index (χ0v) is 13.8. The predicted octanol–water partition coefficient (Wildman–Crippen LogP) is 2.04. The molecule has 1 heterocycles. The van der Waals surface area contributed by atoms with Crippen molar-refractivity contribution in [2.75, 3.05) is 5.43 Å². The van der Waals surface area contributed by atoms with Gasteiger partial charge in [0.2, 0.25) is 0 Å². The molecule has 0 saturated heterocycles. The summed E-state index contributed by atoms with van der Waals surface area (Å²) in [4.78, 5) is 10.2. The lowest BCUT2D eigenvalue weighted by atomic mass is 10.0. The van der Waals surface area contributed by atoms with E-state index in [1.54, 1.807) is 6.92 Å². The van der Waals surface area contributed by atoms with Crippen LogP contribution in [-0.2, 0) is 10.0 Å². The van der Waals surface area contributed by atoms with E-state index in [1.165, 1.54) is 0 Å². The molecule has 2 atom stereocenters. The molecule has 21 heavy (non-hydrogen) atoms. The Labute approximate surface area is 127 Å². The van der Waals surface area contributed by atoms with Gasteiger partial charge in [-0.15, -0.1) is 0 Å². The molecule has 0 aromatic carbocycles. The van der Waals surface area contributed by atoms with Gasteiger partial charge in [-0.05, 0) is 19.3 Å². The third-order valence-electron chi connectivity index (χ3n) is 3.09. The number of hydrogen-bond acceptors (Lipinski definition) is 7. The molecule has 8 nitrogen and oxygen atoms in total. The zero-order chi connectivity index (χ0) is 16.2. The SMILES string of the molecule is CCC(C)CC(C)NS(=O)(=O)c1cc([N+](=O)[O-])c(NN)s1. The van der Waals surface area contributed by atoms with Crippen LogP contribution in [0.2, 0.25) is 0 Å². The molecular formula is C11H20N4O4S2. The van der Waals surface area contributed by atoms with Gasteiger partial charge in [-0.1, -0.05) is 31.6 Å². The number of anilines is 1. The Morgan fingerprint density at radius 2 is 2.10 bits per heavy atom. The lowest BCUT2D eigenvalue weighted by molar-refractivity contribution is -0.383. The molecule has 0 aliphatic rings. The monoisotopic (exact) mass is 336 g/mol. The summed E-state index contributed by atoms with van der Waals surface area (Å²) in [7, 11) is -3.79. The Morgan fingerprint density at radius 1 is 1.48 bits per heavy atom. The minimum Gasteiger partial charge on any atom is -0.310 e. The van der Waals surface area contributed by atoms with Gasteiger partial charge in [-0.25, -0.2) is 19.0 Å². The van der Waals surface area contributed by atoms with E-state index in [2.05, 4.69) is 10.1 Å². The van der Waals surface area contributed by atoms with Crippen molar-refractivity contribution in [1.29, 1.82) is 0 Å². The highest BCUT2D eigenvalue weighted by Crippen LogP contribution is 2.36. The predicted molar refractivity (Wildman–Crippen MR) is 82.6 cm³/mol. The molecule has 2 unspecified atom stereocenters. The molecule has 0 fully saturated rings. The lowest BCUT2D eigenvalue weighted by Crippen LogP contribution is -2.33. The third kappa shape index (κ3) is 4.63. The first-order valence-corrected chi connectivity index (χ1v) is 8.78. The highest BCUT2D eigenvalue weighted by Gasteiger charge is 2.27. The third-order valence-corrected chi connectivity index (χ3v) is 6.21. The van der Waals surface area contributed by atoms with Crippen LogP contribution in [-0.4, -0.2) is 19.4 Å². The number of rotatable bonds is 8. The molecule has 120 valence electrons. The van der Waals surface area contributed by atoms with E-state index in [1.807, 2.05) is 13.8 Å². The Balaban J connectivity index is 2.95. The van der Waals surface area contributed by atoms with Gasteiger partial charge in [0.05, 0.1) is 4.92 Å². The molecule has 0 bridgehead atoms. The second kappa shape index (κ2) is 7.16. The van der Waals surface area contributed by atoms with Crippen LogP contribution in [0.5, 0.6) is 0 Å². The molecule has 1 aromatic heterocycles. The molecule has 1 rings (SSSR count). The molecule has 4 N–H and O–H groups in total. The maximum atomic E-state index is 12.2. The molecule has 0 spiro atoms. The van der Waals surface area contributed by atoms with Gasteiger partial charge in [0.15, 0.2) is 5.00 Å². The number of hydrazine groups is 1. The summed E-state index contributed by atoms with van der Waals surface area (Å²) < 4.78 is 26.9. The van der Waals surface area contributed by atoms with E-state index in [0.29, 0.717) is 12.3 Å². The van der Waals surface area contributed by atoms with Crippen molar-refractivity contribution in [2.45, 2.75) is 43.9 Å². The van der Waals surface area contributed by atoms with Gasteiger partial charge in [-0.2, -0.15) is 0 Å². The van der Waals surface area contributed by atoms with Crippen molar-refractivity contribution >= 4 is 32.0 Å². The van der Waals surface area contributed by atoms with Crippen LogP contribution in [0.15, 0.2) is 10.3 Å². The lowest BCUT2D eigenvalue weighted by Gasteiger charge is -2.16. The molecule has 0 aliphatic heterocycles. The molecule has 10 heteroatoms. The first-order valence-electron chi connectivity index (χ1n) is 6.48. The number of sulfonamides is 1. The van der Waals surface area contributed by atoms with Crippen LogP contribution in [0, 0.1) is 16.0 Å². The molecule has 0 aliphatic carbocycles. The maximum Gasteiger partial charge on any atom is 0.306 e. The Kier molecular flexibility index (Phi) is 6.08. The second-order valence-corrected chi connectivity index (χ2v) is 7.95. The summed E-state index contributed by atoms with van der Waals surface area (Å²) in [5.41, 5.74) is 1.80. The van der Waals surface area contributed by atoms with Crippen LogP contribution in [0.25, 0.3) is 0 Å². The fraction of sp³-hybridized carbons (Fsp3) is 0.636. The van der Waals surface area contributed by atoms with Crippen molar-refractivity contribution in [3.63, 3.8) is 0 Å². The van der Waals surface area contributed by atoms with E-state index >= 15 is 0 Å². The number of nitrogens with one attached hydrogen (secondary N) is 2. The molecule has 1 aromatic rings. The van der Waals surface area contributed by atoms with Gasteiger partial charge >= 0.3 is 5.69 Å². The quantitative estimate of drug-likeness (QED) is 0.379. The van der Waals surface area contributed by atoms with Crippen LogP contribution < -0.4 is 16.0 Å². The summed E-state index contributed by atoms with van der Waals surface area (Å²) in [6, 6.07) is 0.762. The first kappa shape index (κ1) is 17.8. The summed E-state index contributed by atoms with van der Waals surface area (Å²) in [5.74, 6) is 5.56. The van der Waals surface area contributed by atoms with Gasteiger partial charge in [0.1, 0.15) is 4.21 Å². The number of hydrogen-bond donors (Lipinski definition) is 3. The second-order valence-electron chi connectivity index (χ2n) is 4.95. The van der Waals surface area contributed by atoms with E-state index in [-0.39, 0.29) is 20.9 Å². The average Bonchev–Trinajstić information content (AvgIpc) is 2.82. The fourth-order valence-corrected chi connectivity index (χ4v) is 4.38. The molecular weight excluding hydrogens is 316 g/mol. The van der Waals surface area contributed by atoms with Gasteiger partial charge in [-0.3, -0.25) is 10.1 Å². The Morgan fingerprint density at radius 3 is 2.52 bits per heavy atom.